The molecule has 0 spiro atoms. The van der Waals surface area contributed by atoms with Gasteiger partial charge in [-0.15, -0.1) is 10.2 Å². The van der Waals surface area contributed by atoms with Gasteiger partial charge in [-0.25, -0.2) is 9.97 Å². The second-order valence-corrected chi connectivity index (χ2v) is 7.84. The number of alkyl halides is 3. The average molecular weight is 421 g/mol. The first-order chi connectivity index (χ1) is 14.5. The van der Waals surface area contributed by atoms with Crippen molar-refractivity contribution in [3.8, 4) is 11.4 Å². The van der Waals surface area contributed by atoms with Crippen LogP contribution in [0, 0.1) is 0 Å². The Balaban J connectivity index is 1.48. The van der Waals surface area contributed by atoms with E-state index in [-0.39, 0.29) is 11.9 Å². The van der Waals surface area contributed by atoms with Gasteiger partial charge in [0.05, 0.1) is 19.2 Å². The lowest BCUT2D eigenvalue weighted by Gasteiger charge is -2.29. The Hall–Kier alpha value is -2.53. The number of imidazole rings is 1. The summed E-state index contributed by atoms with van der Waals surface area (Å²) in [4.78, 5) is 13.9. The van der Waals surface area contributed by atoms with Crippen molar-refractivity contribution in [1.82, 2.24) is 34.6 Å². The summed E-state index contributed by atoms with van der Waals surface area (Å²) in [5, 5.41) is 6.82. The van der Waals surface area contributed by atoms with Gasteiger partial charge in [-0.3, -0.25) is 4.90 Å². The molecule has 8 nitrogen and oxygen atoms in total. The first kappa shape index (κ1) is 19.4. The Kier molecular flexibility index (Phi) is 4.94. The molecule has 5 rings (SSSR count). The van der Waals surface area contributed by atoms with Gasteiger partial charge >= 0.3 is 6.18 Å². The zero-order valence-electron chi connectivity index (χ0n) is 16.3. The van der Waals surface area contributed by atoms with E-state index in [2.05, 4.69) is 29.6 Å². The van der Waals surface area contributed by atoms with E-state index in [1.165, 1.54) is 25.5 Å². The van der Waals surface area contributed by atoms with Crippen LogP contribution in [0.25, 0.3) is 22.6 Å². The minimum absolute atomic E-state index is 0.0196. The maximum absolute atomic E-state index is 12.8. The third-order valence-electron chi connectivity index (χ3n) is 5.69. The zero-order valence-corrected chi connectivity index (χ0v) is 16.3. The Labute approximate surface area is 170 Å². The summed E-state index contributed by atoms with van der Waals surface area (Å²) in [5.41, 5.74) is 1.75. The summed E-state index contributed by atoms with van der Waals surface area (Å²) in [6.45, 7) is 4.25. The predicted molar refractivity (Wildman–Crippen MR) is 101 cm³/mol. The van der Waals surface area contributed by atoms with E-state index in [4.69, 9.17) is 9.72 Å². The minimum atomic E-state index is -4.57. The summed E-state index contributed by atoms with van der Waals surface area (Å²) >= 11 is 0. The van der Waals surface area contributed by atoms with Gasteiger partial charge in [0.25, 0.3) is 0 Å². The van der Waals surface area contributed by atoms with E-state index in [1.54, 1.807) is 6.07 Å². The monoisotopic (exact) mass is 421 g/mol. The molecule has 2 saturated heterocycles. The van der Waals surface area contributed by atoms with Gasteiger partial charge in [0, 0.05) is 18.4 Å². The number of nitrogens with one attached hydrogen (secondary N) is 1. The van der Waals surface area contributed by atoms with Crippen molar-refractivity contribution in [1.29, 1.82) is 0 Å². The molecule has 2 fully saturated rings. The highest BCUT2D eigenvalue weighted by Crippen LogP contribution is 2.29. The summed E-state index contributed by atoms with van der Waals surface area (Å²) in [6, 6.07) is 1.71. The van der Waals surface area contributed by atoms with E-state index in [1.807, 2.05) is 0 Å². The van der Waals surface area contributed by atoms with Crippen LogP contribution < -0.4 is 0 Å². The molecule has 2 aliphatic rings. The molecular formula is C19H22F3N7O. The van der Waals surface area contributed by atoms with Gasteiger partial charge in [-0.2, -0.15) is 13.2 Å². The SMILES string of the molecule is FC(F)(F)c1nnc(-c2cnc3c(c2)nc(CN2CCCCC2)n3C[C@@H]2CCO2)[nH]1. The number of H-pyrrole nitrogens is 1. The third kappa shape index (κ3) is 3.79. The molecule has 1 atom stereocenters. The molecule has 0 amide bonds. The van der Waals surface area contributed by atoms with E-state index >= 15 is 0 Å². The predicted octanol–water partition coefficient (Wildman–Crippen LogP) is 3.01. The number of pyridine rings is 1. The molecule has 3 aromatic rings. The number of piperidine rings is 1. The molecule has 0 saturated carbocycles. The van der Waals surface area contributed by atoms with E-state index < -0.39 is 12.0 Å². The van der Waals surface area contributed by atoms with Crippen LogP contribution in [0.2, 0.25) is 0 Å². The molecule has 0 aromatic carbocycles. The Morgan fingerprint density at radius 2 is 1.97 bits per heavy atom. The number of likely N-dealkylation sites (tertiary alicyclic amines) is 1. The number of hydrogen-bond acceptors (Lipinski definition) is 6. The summed E-state index contributed by atoms with van der Waals surface area (Å²) < 4.78 is 46.2. The highest BCUT2D eigenvalue weighted by atomic mass is 19.4. The number of hydrogen-bond donors (Lipinski definition) is 1. The van der Waals surface area contributed by atoms with Crippen LogP contribution in [0.15, 0.2) is 12.3 Å². The van der Waals surface area contributed by atoms with Crippen LogP contribution in [-0.2, 0) is 24.0 Å². The number of aromatic amines is 1. The van der Waals surface area contributed by atoms with Crippen LogP contribution in [-0.4, -0.2) is 60.4 Å². The van der Waals surface area contributed by atoms with E-state index in [9.17, 15) is 13.2 Å². The largest absolute Gasteiger partial charge is 0.451 e. The van der Waals surface area contributed by atoms with Gasteiger partial charge < -0.3 is 14.3 Å². The van der Waals surface area contributed by atoms with E-state index in [0.29, 0.717) is 23.3 Å². The Morgan fingerprint density at radius 3 is 2.63 bits per heavy atom. The summed E-state index contributed by atoms with van der Waals surface area (Å²) in [6.07, 6.45) is 1.70. The second kappa shape index (κ2) is 7.62. The van der Waals surface area contributed by atoms with Crippen molar-refractivity contribution >= 4 is 11.2 Å². The second-order valence-electron chi connectivity index (χ2n) is 7.84. The molecule has 0 unspecified atom stereocenters. The maximum Gasteiger partial charge on any atom is 0.451 e. The van der Waals surface area contributed by atoms with Gasteiger partial charge in [0.15, 0.2) is 11.5 Å². The Bertz CT molecular complexity index is 1030. The van der Waals surface area contributed by atoms with Crippen molar-refractivity contribution in [3.05, 3.63) is 23.9 Å². The molecule has 3 aromatic heterocycles. The third-order valence-corrected chi connectivity index (χ3v) is 5.69. The van der Waals surface area contributed by atoms with Crippen LogP contribution in [0.5, 0.6) is 0 Å². The van der Waals surface area contributed by atoms with Crippen LogP contribution in [0.3, 0.4) is 0 Å². The topological polar surface area (TPSA) is 84.8 Å². The first-order valence-electron chi connectivity index (χ1n) is 10.2. The summed E-state index contributed by atoms with van der Waals surface area (Å²) in [7, 11) is 0. The quantitative estimate of drug-likeness (QED) is 0.682. The molecule has 11 heteroatoms. The minimum Gasteiger partial charge on any atom is -0.376 e. The lowest BCUT2D eigenvalue weighted by atomic mass is 10.1. The van der Waals surface area contributed by atoms with Gasteiger partial charge in [0.1, 0.15) is 11.3 Å². The molecule has 0 bridgehead atoms. The molecule has 5 heterocycles. The fraction of sp³-hybridized carbons (Fsp3) is 0.579. The fourth-order valence-electron chi connectivity index (χ4n) is 3.97. The van der Waals surface area contributed by atoms with Crippen molar-refractivity contribution in [3.63, 3.8) is 0 Å². The zero-order chi connectivity index (χ0) is 20.7. The molecule has 1 N–H and O–H groups in total. The number of ether oxygens (including phenoxy) is 1. The molecule has 0 radical (unpaired) electrons. The van der Waals surface area contributed by atoms with Gasteiger partial charge in [-0.1, -0.05) is 6.42 Å². The molecule has 0 aliphatic carbocycles. The molecule has 2 aliphatic heterocycles. The summed E-state index contributed by atoms with van der Waals surface area (Å²) in [5.74, 6) is -0.206. The van der Waals surface area contributed by atoms with Crippen LogP contribution in [0.1, 0.15) is 37.3 Å². The van der Waals surface area contributed by atoms with Crippen molar-refractivity contribution in [2.45, 2.75) is 51.1 Å². The number of nitrogens with zero attached hydrogens (tertiary/aromatic N) is 6. The van der Waals surface area contributed by atoms with Crippen LogP contribution >= 0.6 is 0 Å². The normalized spacial score (nSPS) is 20.6. The number of fused-ring (bicyclic) bond motifs is 1. The smallest absolute Gasteiger partial charge is 0.376 e. The lowest BCUT2D eigenvalue weighted by molar-refractivity contribution is -0.144. The molecule has 30 heavy (non-hydrogen) atoms. The van der Waals surface area contributed by atoms with Crippen molar-refractivity contribution < 1.29 is 17.9 Å². The first-order valence-corrected chi connectivity index (χ1v) is 10.2. The molecular weight excluding hydrogens is 399 g/mol. The van der Waals surface area contributed by atoms with Gasteiger partial charge in [-0.05, 0) is 38.4 Å². The highest BCUT2D eigenvalue weighted by molar-refractivity contribution is 5.77. The standard InChI is InChI=1S/C19H22F3N7O/c20-19(21,22)18-25-16(26-27-18)12-8-14-17(23-9-12)29(10-13-4-7-30-13)15(24-14)11-28-5-2-1-3-6-28/h8-9,13H,1-7,10-11H2,(H,25,26,27)/t13-/m0/s1. The van der Waals surface area contributed by atoms with Gasteiger partial charge in [0.2, 0.25) is 5.82 Å². The number of halogens is 3. The van der Waals surface area contributed by atoms with Crippen LogP contribution in [0.4, 0.5) is 13.2 Å². The van der Waals surface area contributed by atoms with E-state index in [0.717, 1.165) is 38.5 Å². The Morgan fingerprint density at radius 1 is 1.17 bits per heavy atom. The number of rotatable bonds is 5. The van der Waals surface area contributed by atoms with Crippen molar-refractivity contribution in [2.24, 2.45) is 0 Å². The van der Waals surface area contributed by atoms with Crippen molar-refractivity contribution in [2.75, 3.05) is 19.7 Å². The lowest BCUT2D eigenvalue weighted by Crippen LogP contribution is -2.34. The number of aromatic nitrogens is 6. The fourth-order valence-corrected chi connectivity index (χ4v) is 3.97. The highest BCUT2D eigenvalue weighted by Gasteiger charge is 2.35. The molecule has 160 valence electrons. The maximum atomic E-state index is 12.8. The average Bonchev–Trinajstić information content (AvgIpc) is 3.30.